The number of fused-ring (bicyclic) bond motifs is 3. The number of benzene rings is 4. The fourth-order valence-corrected chi connectivity index (χ4v) is 6.05. The number of nitrogens with zero attached hydrogens (tertiary/aromatic N) is 3. The Morgan fingerprint density at radius 1 is 0.564 bits per heavy atom. The third-order valence-corrected chi connectivity index (χ3v) is 7.84. The average Bonchev–Trinajstić information content (AvgIpc) is 3.20. The number of hydrogen-bond donors (Lipinski definition) is 0. The van der Waals surface area contributed by atoms with Crippen molar-refractivity contribution in [1.82, 2.24) is 0 Å². The topological polar surface area (TPSA) is 43.9 Å². The lowest BCUT2D eigenvalue weighted by Crippen LogP contribution is -2.32. The van der Waals surface area contributed by atoms with E-state index in [4.69, 9.17) is 0 Å². The Labute approximate surface area is 230 Å². The Morgan fingerprint density at radius 2 is 1.05 bits per heavy atom. The number of anilines is 6. The molecule has 6 rings (SSSR count). The van der Waals surface area contributed by atoms with Crippen molar-refractivity contribution >= 4 is 45.9 Å². The van der Waals surface area contributed by atoms with Crippen molar-refractivity contribution in [2.75, 3.05) is 21.2 Å². The second-order valence-corrected chi connectivity index (χ2v) is 10.8. The van der Waals surface area contributed by atoms with E-state index < -0.39 is 0 Å². The van der Waals surface area contributed by atoms with Gasteiger partial charge in [0.25, 0.3) is 11.8 Å². The summed E-state index contributed by atoms with van der Waals surface area (Å²) in [6.45, 7) is 11.4. The van der Waals surface area contributed by atoms with Gasteiger partial charge in [0, 0.05) is 6.54 Å². The van der Waals surface area contributed by atoms with Crippen molar-refractivity contribution in [1.29, 1.82) is 0 Å². The molecule has 39 heavy (non-hydrogen) atoms. The van der Waals surface area contributed by atoms with Gasteiger partial charge < -0.3 is 9.80 Å². The third kappa shape index (κ3) is 3.68. The average molecular weight is 516 g/mol. The second kappa shape index (κ2) is 9.42. The highest BCUT2D eigenvalue weighted by Gasteiger charge is 2.43. The molecule has 0 fully saturated rings. The maximum Gasteiger partial charge on any atom is 0.268 e. The molecule has 0 N–H and O–H groups in total. The molecule has 4 aromatic carbocycles. The van der Waals surface area contributed by atoms with Crippen molar-refractivity contribution < 1.29 is 9.59 Å². The predicted molar refractivity (Wildman–Crippen MR) is 160 cm³/mol. The zero-order chi connectivity index (χ0) is 27.4. The van der Waals surface area contributed by atoms with Crippen molar-refractivity contribution in [3.8, 4) is 0 Å². The first-order chi connectivity index (χ1) is 18.8. The van der Waals surface area contributed by atoms with Crippen LogP contribution in [0.25, 0.3) is 0 Å². The van der Waals surface area contributed by atoms with Gasteiger partial charge >= 0.3 is 0 Å². The number of hydrogen-bond acceptors (Lipinski definition) is 4. The first kappa shape index (κ1) is 24.9. The van der Waals surface area contributed by atoms with Crippen LogP contribution in [0.5, 0.6) is 0 Å². The quantitative estimate of drug-likeness (QED) is 0.249. The van der Waals surface area contributed by atoms with E-state index in [1.807, 2.05) is 54.6 Å². The van der Waals surface area contributed by atoms with E-state index in [1.165, 1.54) is 4.90 Å². The lowest BCUT2D eigenvalue weighted by Gasteiger charge is -2.40. The van der Waals surface area contributed by atoms with Crippen LogP contribution in [0, 0.1) is 0 Å². The third-order valence-electron chi connectivity index (χ3n) is 7.84. The monoisotopic (exact) mass is 515 g/mol. The molecule has 0 atom stereocenters. The van der Waals surface area contributed by atoms with Crippen LogP contribution in [-0.2, 0) is 0 Å². The van der Waals surface area contributed by atoms with Crippen molar-refractivity contribution in [3.05, 3.63) is 107 Å². The van der Waals surface area contributed by atoms with Gasteiger partial charge in [-0.1, -0.05) is 76.2 Å². The standard InChI is InChI=1S/C34H33N3O2/c1-6-35-26-16-7-9-18-28(26)36(29-19-10-8-17-27(29)35)30-20-12-15-25-31(30)34(39)37(33(25)38)32-23(21(2)3)13-11-14-24(32)22(4)5/h7-22H,6H2,1-5H3. The fourth-order valence-electron chi connectivity index (χ4n) is 6.05. The number of amides is 2. The summed E-state index contributed by atoms with van der Waals surface area (Å²) in [5.74, 6) is -0.221. The van der Waals surface area contributed by atoms with Crippen molar-refractivity contribution in [3.63, 3.8) is 0 Å². The van der Waals surface area contributed by atoms with Crippen LogP contribution in [0.3, 0.4) is 0 Å². The molecule has 5 nitrogen and oxygen atoms in total. The summed E-state index contributed by atoms with van der Waals surface area (Å²) < 4.78 is 0. The Morgan fingerprint density at radius 3 is 1.56 bits per heavy atom. The largest absolute Gasteiger partial charge is 0.338 e. The summed E-state index contributed by atoms with van der Waals surface area (Å²) >= 11 is 0. The zero-order valence-electron chi connectivity index (χ0n) is 23.1. The molecule has 5 heteroatoms. The van der Waals surface area contributed by atoms with Crippen LogP contribution in [0.1, 0.15) is 78.3 Å². The maximum atomic E-state index is 14.4. The number of carbonyl (C=O) groups is 2. The number of carbonyl (C=O) groups excluding carboxylic acids is 2. The number of rotatable bonds is 5. The minimum atomic E-state index is -0.270. The molecule has 0 unspecified atom stereocenters. The minimum absolute atomic E-state index is 0.156. The van der Waals surface area contributed by atoms with Crippen molar-refractivity contribution in [2.45, 2.75) is 46.5 Å². The molecule has 0 spiro atoms. The van der Waals surface area contributed by atoms with Crippen LogP contribution in [0.15, 0.2) is 84.9 Å². The van der Waals surface area contributed by atoms with E-state index in [0.29, 0.717) is 11.1 Å². The molecular weight excluding hydrogens is 482 g/mol. The molecule has 2 aliphatic heterocycles. The predicted octanol–water partition coefficient (Wildman–Crippen LogP) is 8.68. The summed E-state index contributed by atoms with van der Waals surface area (Å²) in [6.07, 6.45) is 0. The summed E-state index contributed by atoms with van der Waals surface area (Å²) in [6, 6.07) is 28.2. The summed E-state index contributed by atoms with van der Waals surface area (Å²) in [7, 11) is 0. The second-order valence-electron chi connectivity index (χ2n) is 10.8. The van der Waals surface area contributed by atoms with Gasteiger partial charge in [0.05, 0.1) is 45.3 Å². The molecule has 0 bridgehead atoms. The van der Waals surface area contributed by atoms with E-state index in [2.05, 4.69) is 68.7 Å². The van der Waals surface area contributed by atoms with Gasteiger partial charge in [-0.2, -0.15) is 0 Å². The smallest absolute Gasteiger partial charge is 0.268 e. The normalized spacial score (nSPS) is 14.3. The van der Waals surface area contributed by atoms with Gasteiger partial charge in [0.2, 0.25) is 0 Å². The van der Waals surface area contributed by atoms with Crippen molar-refractivity contribution in [2.24, 2.45) is 0 Å². The highest BCUT2D eigenvalue weighted by atomic mass is 16.2. The van der Waals surface area contributed by atoms with E-state index in [0.717, 1.165) is 51.8 Å². The first-order valence-electron chi connectivity index (χ1n) is 13.7. The number of para-hydroxylation sites is 5. The highest BCUT2D eigenvalue weighted by Crippen LogP contribution is 2.53. The van der Waals surface area contributed by atoms with Gasteiger partial charge in [-0.3, -0.25) is 9.59 Å². The van der Waals surface area contributed by atoms with E-state index >= 15 is 0 Å². The van der Waals surface area contributed by atoms with Gasteiger partial charge in [-0.15, -0.1) is 0 Å². The molecule has 2 amide bonds. The van der Waals surface area contributed by atoms with E-state index in [-0.39, 0.29) is 23.7 Å². The first-order valence-corrected chi connectivity index (χ1v) is 13.7. The molecule has 0 radical (unpaired) electrons. The molecule has 2 heterocycles. The van der Waals surface area contributed by atoms with Gasteiger partial charge in [0.15, 0.2) is 0 Å². The SMILES string of the molecule is CCN1c2ccccc2N(c2cccc3c2C(=O)N(c2c(C(C)C)cccc2C(C)C)C3=O)c2ccccc21. The molecule has 0 aliphatic carbocycles. The summed E-state index contributed by atoms with van der Waals surface area (Å²) in [4.78, 5) is 34.4. The van der Waals surface area contributed by atoms with Crippen LogP contribution in [0.2, 0.25) is 0 Å². The van der Waals surface area contributed by atoms with Crippen LogP contribution in [-0.4, -0.2) is 18.4 Å². The van der Waals surface area contributed by atoms with Gasteiger partial charge in [0.1, 0.15) is 0 Å². The zero-order valence-corrected chi connectivity index (χ0v) is 23.1. The summed E-state index contributed by atoms with van der Waals surface area (Å²) in [5.41, 5.74) is 8.45. The Balaban J connectivity index is 1.58. The van der Waals surface area contributed by atoms with Crippen LogP contribution < -0.4 is 14.7 Å². The highest BCUT2D eigenvalue weighted by molar-refractivity contribution is 6.37. The van der Waals surface area contributed by atoms with E-state index in [9.17, 15) is 9.59 Å². The molecule has 196 valence electrons. The number of imide groups is 1. The molecule has 0 saturated heterocycles. The molecule has 2 aliphatic rings. The van der Waals surface area contributed by atoms with Crippen LogP contribution >= 0.6 is 0 Å². The van der Waals surface area contributed by atoms with Crippen LogP contribution in [0.4, 0.5) is 34.1 Å². The Bertz CT molecular complexity index is 1550. The fraction of sp³-hybridized carbons (Fsp3) is 0.235. The molecule has 0 saturated carbocycles. The Hall–Kier alpha value is -4.38. The lowest BCUT2D eigenvalue weighted by atomic mass is 9.92. The molecule has 0 aromatic heterocycles. The van der Waals surface area contributed by atoms with Gasteiger partial charge in [-0.25, -0.2) is 4.90 Å². The minimum Gasteiger partial charge on any atom is -0.338 e. The molecule has 4 aromatic rings. The Kier molecular flexibility index (Phi) is 6.02. The summed E-state index contributed by atoms with van der Waals surface area (Å²) in [5, 5.41) is 0. The molecular formula is C34H33N3O2. The van der Waals surface area contributed by atoms with Gasteiger partial charge in [-0.05, 0) is 66.3 Å². The maximum absolute atomic E-state index is 14.4. The van der Waals surface area contributed by atoms with E-state index in [1.54, 1.807) is 6.07 Å². The lowest BCUT2D eigenvalue weighted by molar-refractivity contribution is 0.0925.